The number of thioether (sulfide) groups is 1. The minimum atomic E-state index is -3.64. The van der Waals surface area contributed by atoms with Crippen molar-refractivity contribution in [1.82, 2.24) is 14.9 Å². The molecule has 0 atom stereocenters. The molecule has 0 radical (unpaired) electrons. The third-order valence-electron chi connectivity index (χ3n) is 2.99. The van der Waals surface area contributed by atoms with Gasteiger partial charge < -0.3 is 5.11 Å². The second kappa shape index (κ2) is 5.60. The van der Waals surface area contributed by atoms with Gasteiger partial charge in [-0.25, -0.2) is 13.1 Å². The van der Waals surface area contributed by atoms with E-state index in [1.807, 2.05) is 11.8 Å². The molecule has 1 aliphatic heterocycles. The summed E-state index contributed by atoms with van der Waals surface area (Å²) in [5, 5.41) is 15.5. The summed E-state index contributed by atoms with van der Waals surface area (Å²) < 4.78 is 27.0. The molecular formula is C10H17N3O3S2. The molecule has 0 unspecified atom stereocenters. The molecule has 18 heavy (non-hydrogen) atoms. The molecule has 1 fully saturated rings. The van der Waals surface area contributed by atoms with Gasteiger partial charge in [-0.15, -0.1) is 0 Å². The first kappa shape index (κ1) is 13.9. The number of sulfonamides is 1. The molecule has 0 spiro atoms. The van der Waals surface area contributed by atoms with Crippen molar-refractivity contribution >= 4 is 21.8 Å². The molecular weight excluding hydrogens is 274 g/mol. The molecule has 0 aliphatic carbocycles. The standard InChI is InChI=1S/C10H17N3O3S2/c1-7-9(6-14)10(12-11-7)18(15,16)13-8-2-4-17-5-3-8/h8,13-14H,2-6H2,1H3,(H,11,12). The van der Waals surface area contributed by atoms with Crippen LogP contribution in [0.15, 0.2) is 5.03 Å². The van der Waals surface area contributed by atoms with Gasteiger partial charge in [-0.05, 0) is 31.3 Å². The van der Waals surface area contributed by atoms with E-state index >= 15 is 0 Å². The highest BCUT2D eigenvalue weighted by Crippen LogP contribution is 2.21. The SMILES string of the molecule is Cc1[nH]nc(S(=O)(=O)NC2CCSCC2)c1CO. The van der Waals surface area contributed by atoms with Crippen LogP contribution in [0.25, 0.3) is 0 Å². The Balaban J connectivity index is 2.19. The van der Waals surface area contributed by atoms with E-state index in [9.17, 15) is 13.5 Å². The number of nitrogens with zero attached hydrogens (tertiary/aromatic N) is 1. The maximum atomic E-state index is 12.2. The number of rotatable bonds is 4. The van der Waals surface area contributed by atoms with Gasteiger partial charge >= 0.3 is 0 Å². The largest absolute Gasteiger partial charge is 0.392 e. The van der Waals surface area contributed by atoms with E-state index in [0.717, 1.165) is 24.3 Å². The maximum Gasteiger partial charge on any atom is 0.260 e. The number of aliphatic hydroxyl groups excluding tert-OH is 1. The van der Waals surface area contributed by atoms with Crippen molar-refractivity contribution in [2.75, 3.05) is 11.5 Å². The van der Waals surface area contributed by atoms with E-state index in [2.05, 4.69) is 14.9 Å². The average molecular weight is 291 g/mol. The number of H-pyrrole nitrogens is 1. The van der Waals surface area contributed by atoms with Crippen molar-refractivity contribution in [3.05, 3.63) is 11.3 Å². The summed E-state index contributed by atoms with van der Waals surface area (Å²) in [5.74, 6) is 1.94. The number of aliphatic hydroxyl groups is 1. The molecule has 102 valence electrons. The first-order valence-electron chi connectivity index (χ1n) is 5.79. The van der Waals surface area contributed by atoms with Crippen LogP contribution in [0.1, 0.15) is 24.1 Å². The molecule has 0 amide bonds. The number of hydrogen-bond acceptors (Lipinski definition) is 5. The van der Waals surface area contributed by atoms with Gasteiger partial charge in [0.05, 0.1) is 6.61 Å². The highest BCUT2D eigenvalue weighted by Gasteiger charge is 2.27. The fourth-order valence-corrected chi connectivity index (χ4v) is 4.53. The maximum absolute atomic E-state index is 12.2. The van der Waals surface area contributed by atoms with Crippen LogP contribution in [-0.4, -0.2) is 41.3 Å². The lowest BCUT2D eigenvalue weighted by atomic mass is 10.2. The van der Waals surface area contributed by atoms with Crippen LogP contribution < -0.4 is 4.72 Å². The Bertz CT molecular complexity index is 506. The number of nitrogens with one attached hydrogen (secondary N) is 2. The third-order valence-corrected chi connectivity index (χ3v) is 5.53. The van der Waals surface area contributed by atoms with Gasteiger partial charge in [0.1, 0.15) is 0 Å². The normalized spacial score (nSPS) is 18.1. The van der Waals surface area contributed by atoms with Crippen molar-refractivity contribution in [1.29, 1.82) is 0 Å². The highest BCUT2D eigenvalue weighted by molar-refractivity contribution is 7.99. The molecule has 1 aromatic heterocycles. The van der Waals surface area contributed by atoms with Crippen LogP contribution in [-0.2, 0) is 16.6 Å². The molecule has 3 N–H and O–H groups in total. The summed E-state index contributed by atoms with van der Waals surface area (Å²) in [5.41, 5.74) is 0.921. The van der Waals surface area contributed by atoms with E-state index in [-0.39, 0.29) is 17.7 Å². The number of aryl methyl sites for hydroxylation is 1. The zero-order valence-corrected chi connectivity index (χ0v) is 11.8. The fraction of sp³-hybridized carbons (Fsp3) is 0.700. The molecule has 6 nitrogen and oxygen atoms in total. The minimum Gasteiger partial charge on any atom is -0.392 e. The summed E-state index contributed by atoms with van der Waals surface area (Å²) in [7, 11) is -3.64. The average Bonchev–Trinajstić information content (AvgIpc) is 2.72. The number of aromatic nitrogens is 2. The first-order chi connectivity index (χ1) is 8.54. The lowest BCUT2D eigenvalue weighted by molar-refractivity contribution is 0.277. The van der Waals surface area contributed by atoms with Crippen molar-refractivity contribution in [3.63, 3.8) is 0 Å². The minimum absolute atomic E-state index is 0.0280. The lowest BCUT2D eigenvalue weighted by Gasteiger charge is -2.21. The van der Waals surface area contributed by atoms with Gasteiger partial charge in [-0.2, -0.15) is 16.9 Å². The zero-order valence-electron chi connectivity index (χ0n) is 10.1. The van der Waals surface area contributed by atoms with Gasteiger partial charge in [0.2, 0.25) is 0 Å². The first-order valence-corrected chi connectivity index (χ1v) is 8.43. The Hall–Kier alpha value is -0.570. The van der Waals surface area contributed by atoms with Crippen LogP contribution in [0.4, 0.5) is 0 Å². The van der Waals surface area contributed by atoms with Crippen LogP contribution in [0.2, 0.25) is 0 Å². The highest BCUT2D eigenvalue weighted by atomic mass is 32.2. The quantitative estimate of drug-likeness (QED) is 0.745. The van der Waals surface area contributed by atoms with Crippen LogP contribution in [0, 0.1) is 6.92 Å². The van der Waals surface area contributed by atoms with Gasteiger partial charge in [-0.3, -0.25) is 5.10 Å². The Kier molecular flexibility index (Phi) is 4.31. The molecule has 2 rings (SSSR count). The molecule has 1 aliphatic rings. The topological polar surface area (TPSA) is 95.1 Å². The van der Waals surface area contributed by atoms with Crippen molar-refractivity contribution in [2.24, 2.45) is 0 Å². The second-order valence-electron chi connectivity index (χ2n) is 4.30. The molecule has 1 saturated heterocycles. The van der Waals surface area contributed by atoms with E-state index in [4.69, 9.17) is 0 Å². The molecule has 2 heterocycles. The summed E-state index contributed by atoms with van der Waals surface area (Å²) in [6.07, 6.45) is 1.67. The zero-order chi connectivity index (χ0) is 13.2. The molecule has 1 aromatic rings. The number of hydrogen-bond donors (Lipinski definition) is 3. The predicted molar refractivity (Wildman–Crippen MR) is 69.9 cm³/mol. The summed E-state index contributed by atoms with van der Waals surface area (Å²) >= 11 is 1.84. The Labute approximate surface area is 111 Å². The van der Waals surface area contributed by atoms with E-state index in [1.54, 1.807) is 6.92 Å². The van der Waals surface area contributed by atoms with Gasteiger partial charge in [0.25, 0.3) is 10.0 Å². The van der Waals surface area contributed by atoms with Gasteiger partial charge in [-0.1, -0.05) is 0 Å². The van der Waals surface area contributed by atoms with Crippen molar-refractivity contribution < 1.29 is 13.5 Å². The van der Waals surface area contributed by atoms with Crippen molar-refractivity contribution in [3.8, 4) is 0 Å². The molecule has 0 saturated carbocycles. The Morgan fingerprint density at radius 2 is 2.17 bits per heavy atom. The Morgan fingerprint density at radius 3 is 2.78 bits per heavy atom. The molecule has 0 aromatic carbocycles. The second-order valence-corrected chi connectivity index (χ2v) is 7.15. The molecule has 8 heteroatoms. The van der Waals surface area contributed by atoms with Gasteiger partial charge in [0, 0.05) is 17.3 Å². The third kappa shape index (κ3) is 2.87. The van der Waals surface area contributed by atoms with E-state index < -0.39 is 10.0 Å². The lowest BCUT2D eigenvalue weighted by Crippen LogP contribution is -2.37. The van der Waals surface area contributed by atoms with Crippen LogP contribution in [0.5, 0.6) is 0 Å². The van der Waals surface area contributed by atoms with E-state index in [1.165, 1.54) is 0 Å². The fourth-order valence-electron chi connectivity index (χ4n) is 1.93. The summed E-state index contributed by atoms with van der Waals surface area (Å²) in [4.78, 5) is 0. The van der Waals surface area contributed by atoms with Crippen molar-refractivity contribution in [2.45, 2.75) is 37.4 Å². The van der Waals surface area contributed by atoms with Crippen LogP contribution >= 0.6 is 11.8 Å². The summed E-state index contributed by atoms with van der Waals surface area (Å²) in [6.45, 7) is 1.36. The smallest absolute Gasteiger partial charge is 0.260 e. The van der Waals surface area contributed by atoms with Gasteiger partial charge in [0.15, 0.2) is 5.03 Å². The number of aromatic amines is 1. The predicted octanol–water partition coefficient (Wildman–Crippen LogP) is 0.384. The monoisotopic (exact) mass is 291 g/mol. The molecule has 0 bridgehead atoms. The van der Waals surface area contributed by atoms with E-state index in [0.29, 0.717) is 11.3 Å². The van der Waals surface area contributed by atoms with Crippen LogP contribution in [0.3, 0.4) is 0 Å². The summed E-state index contributed by atoms with van der Waals surface area (Å²) in [6, 6.07) is -0.0280. The Morgan fingerprint density at radius 1 is 1.50 bits per heavy atom.